The normalized spacial score (nSPS) is 13.3. The van der Waals surface area contributed by atoms with E-state index in [0.29, 0.717) is 45.1 Å². The molecule has 1 amide bonds. The Labute approximate surface area is 356 Å². The van der Waals surface area contributed by atoms with Gasteiger partial charge in [-0.2, -0.15) is 0 Å². The number of unbranched alkanes of at least 4 members (excludes halogenated alkanes) is 18. The Morgan fingerprint density at radius 1 is 0.534 bits per heavy atom. The van der Waals surface area contributed by atoms with Crippen LogP contribution < -0.4 is 11.1 Å². The van der Waals surface area contributed by atoms with Crippen LogP contribution in [-0.4, -0.2) is 41.6 Å². The van der Waals surface area contributed by atoms with Gasteiger partial charge in [0.2, 0.25) is 5.91 Å². The lowest BCUT2D eigenvalue weighted by atomic mass is 10.1. The maximum atomic E-state index is 12.8. The van der Waals surface area contributed by atoms with Gasteiger partial charge in [0.1, 0.15) is 12.1 Å². The lowest BCUT2D eigenvalue weighted by Crippen LogP contribution is -2.40. The van der Waals surface area contributed by atoms with Crippen molar-refractivity contribution in [1.29, 1.82) is 0 Å². The maximum absolute atomic E-state index is 12.8. The zero-order valence-corrected chi connectivity index (χ0v) is 37.4. The van der Waals surface area contributed by atoms with Crippen LogP contribution in [0.15, 0.2) is 72.9 Å². The van der Waals surface area contributed by atoms with Crippen LogP contribution in [0.5, 0.6) is 0 Å². The van der Waals surface area contributed by atoms with E-state index in [9.17, 15) is 19.5 Å². The quantitative estimate of drug-likeness (QED) is 0.0321. The number of nitrogens with two attached hydrogens (primary N) is 1. The first-order valence-corrected chi connectivity index (χ1v) is 23.8. The molecule has 0 heterocycles. The molecular formula is C51H88N2O5. The van der Waals surface area contributed by atoms with Crippen LogP contribution in [0.2, 0.25) is 0 Å². The molecular weight excluding hydrogens is 721 g/mol. The molecule has 0 aliphatic rings. The summed E-state index contributed by atoms with van der Waals surface area (Å²) in [6.07, 6.45) is 58.2. The lowest BCUT2D eigenvalue weighted by Gasteiger charge is -2.16. The number of carbonyl (C=O) groups excluding carboxylic acids is 2. The topological polar surface area (TPSA) is 119 Å². The maximum Gasteiger partial charge on any atom is 0.326 e. The molecule has 0 aliphatic heterocycles. The monoisotopic (exact) mass is 809 g/mol. The molecule has 2 atom stereocenters. The molecule has 0 radical (unpaired) electrons. The van der Waals surface area contributed by atoms with Crippen molar-refractivity contribution in [3.8, 4) is 0 Å². The molecule has 7 nitrogen and oxygen atoms in total. The molecule has 0 saturated carbocycles. The molecule has 58 heavy (non-hydrogen) atoms. The van der Waals surface area contributed by atoms with E-state index in [1.165, 1.54) is 103 Å². The Balaban J connectivity index is 4.39. The van der Waals surface area contributed by atoms with E-state index in [0.717, 1.165) is 51.4 Å². The number of aliphatic carboxylic acids is 1. The summed E-state index contributed by atoms with van der Waals surface area (Å²) in [5.74, 6) is -1.49. The van der Waals surface area contributed by atoms with Gasteiger partial charge in [0.15, 0.2) is 0 Å². The van der Waals surface area contributed by atoms with Gasteiger partial charge in [-0.25, -0.2) is 4.79 Å². The molecule has 0 aromatic rings. The molecule has 0 rings (SSSR count). The van der Waals surface area contributed by atoms with Crippen LogP contribution in [-0.2, 0) is 19.1 Å². The second-order valence-corrected chi connectivity index (χ2v) is 15.8. The molecule has 4 N–H and O–H groups in total. The SMILES string of the molecule is CC/C=C\C/C=C\C/C=C\C/C=C\C/C=C\C(CCCCC(=O)NC(CCCN)C(=O)O)OC(=O)CCCCCCCCCCC/C=C\CCCCCCCCCC. The Kier molecular flexibility index (Phi) is 42.4. The van der Waals surface area contributed by atoms with Crippen molar-refractivity contribution >= 4 is 17.8 Å². The van der Waals surface area contributed by atoms with E-state index in [4.69, 9.17) is 10.5 Å². The van der Waals surface area contributed by atoms with Crippen LogP contribution in [0.1, 0.15) is 213 Å². The van der Waals surface area contributed by atoms with Crippen molar-refractivity contribution < 1.29 is 24.2 Å². The summed E-state index contributed by atoms with van der Waals surface area (Å²) < 4.78 is 5.89. The highest BCUT2D eigenvalue weighted by Crippen LogP contribution is 2.15. The van der Waals surface area contributed by atoms with Crippen molar-refractivity contribution in [2.24, 2.45) is 5.73 Å². The average molecular weight is 809 g/mol. The van der Waals surface area contributed by atoms with Crippen molar-refractivity contribution in [3.05, 3.63) is 72.9 Å². The largest absolute Gasteiger partial charge is 0.480 e. The highest BCUT2D eigenvalue weighted by molar-refractivity contribution is 5.83. The molecule has 0 fully saturated rings. The molecule has 332 valence electrons. The molecule has 0 aliphatic carbocycles. The van der Waals surface area contributed by atoms with E-state index in [1.54, 1.807) is 0 Å². The first kappa shape index (κ1) is 54.8. The molecule has 0 spiro atoms. The predicted octanol–water partition coefficient (Wildman–Crippen LogP) is 13.9. The summed E-state index contributed by atoms with van der Waals surface area (Å²) >= 11 is 0. The van der Waals surface area contributed by atoms with Crippen LogP contribution in [0.25, 0.3) is 0 Å². The minimum absolute atomic E-state index is 0.167. The van der Waals surface area contributed by atoms with E-state index in [-0.39, 0.29) is 24.4 Å². The number of hydrogen-bond donors (Lipinski definition) is 3. The molecule has 0 aromatic carbocycles. The predicted molar refractivity (Wildman–Crippen MR) is 248 cm³/mol. The number of hydrogen-bond acceptors (Lipinski definition) is 5. The number of nitrogens with one attached hydrogen (secondary N) is 1. The number of carbonyl (C=O) groups is 3. The third-order valence-corrected chi connectivity index (χ3v) is 10.2. The van der Waals surface area contributed by atoms with Gasteiger partial charge in [-0.15, -0.1) is 0 Å². The number of carboxylic acid groups (broad SMARTS) is 1. The Morgan fingerprint density at radius 2 is 1.00 bits per heavy atom. The first-order valence-electron chi connectivity index (χ1n) is 23.8. The zero-order chi connectivity index (χ0) is 42.4. The summed E-state index contributed by atoms with van der Waals surface area (Å²) in [5.41, 5.74) is 5.51. The highest BCUT2D eigenvalue weighted by atomic mass is 16.5. The fourth-order valence-corrected chi connectivity index (χ4v) is 6.68. The van der Waals surface area contributed by atoms with Crippen LogP contribution >= 0.6 is 0 Å². The first-order chi connectivity index (χ1) is 28.4. The van der Waals surface area contributed by atoms with Crippen LogP contribution in [0.3, 0.4) is 0 Å². The van der Waals surface area contributed by atoms with Crippen LogP contribution in [0, 0.1) is 0 Å². The number of amides is 1. The lowest BCUT2D eigenvalue weighted by molar-refractivity contribution is -0.147. The standard InChI is InChI=1S/C51H88N2O5/c1-3-5-7-9-11-13-15-17-19-20-21-22-23-24-25-27-29-31-33-35-37-45-50(55)58-47(42-38-39-44-49(54)53-48(51(56)57)43-40-46-52)41-36-34-32-30-28-26-18-16-14-12-10-8-6-4-2/h6,8,12,14,18,20-21,26,30,32,36,41,47-48H,3-5,7,9-11,13,15-17,19,22-25,27-29,31,33-35,37-40,42-46,52H2,1-2H3,(H,53,54)(H,56,57)/b8-6-,14-12-,21-20-,26-18-,32-30-,41-36-. The minimum atomic E-state index is -1.04. The smallest absolute Gasteiger partial charge is 0.326 e. The molecule has 0 bridgehead atoms. The van der Waals surface area contributed by atoms with E-state index in [1.807, 2.05) is 12.2 Å². The molecule has 0 saturated heterocycles. The summed E-state index contributed by atoms with van der Waals surface area (Å²) in [7, 11) is 0. The van der Waals surface area contributed by atoms with Gasteiger partial charge in [-0.3, -0.25) is 9.59 Å². The number of allylic oxidation sites excluding steroid dienone is 11. The second-order valence-electron chi connectivity index (χ2n) is 15.8. The zero-order valence-electron chi connectivity index (χ0n) is 37.4. The Hall–Kier alpha value is -3.19. The van der Waals surface area contributed by atoms with Gasteiger partial charge >= 0.3 is 11.9 Å². The second kappa shape index (κ2) is 44.9. The third-order valence-electron chi connectivity index (χ3n) is 10.2. The highest BCUT2D eigenvalue weighted by Gasteiger charge is 2.19. The molecule has 0 aromatic heterocycles. The van der Waals surface area contributed by atoms with E-state index >= 15 is 0 Å². The number of rotatable bonds is 42. The number of esters is 1. The van der Waals surface area contributed by atoms with Gasteiger partial charge < -0.3 is 20.9 Å². The summed E-state index contributed by atoms with van der Waals surface area (Å²) in [6, 6.07) is -0.914. The summed E-state index contributed by atoms with van der Waals surface area (Å²) in [6.45, 7) is 4.80. The van der Waals surface area contributed by atoms with Gasteiger partial charge in [-0.05, 0) is 109 Å². The van der Waals surface area contributed by atoms with Gasteiger partial charge in [0.25, 0.3) is 0 Å². The van der Waals surface area contributed by atoms with Crippen molar-refractivity contribution in [1.82, 2.24) is 5.32 Å². The van der Waals surface area contributed by atoms with Crippen molar-refractivity contribution in [2.75, 3.05) is 6.54 Å². The van der Waals surface area contributed by atoms with Gasteiger partial charge in [0, 0.05) is 12.8 Å². The third kappa shape index (κ3) is 41.0. The van der Waals surface area contributed by atoms with Gasteiger partial charge in [0.05, 0.1) is 0 Å². The number of carboxylic acids is 1. The average Bonchev–Trinajstić information content (AvgIpc) is 3.21. The summed E-state index contributed by atoms with van der Waals surface area (Å²) in [4.78, 5) is 36.7. The van der Waals surface area contributed by atoms with Gasteiger partial charge in [-0.1, -0.05) is 171 Å². The number of ether oxygens (including phenoxy) is 1. The van der Waals surface area contributed by atoms with E-state index in [2.05, 4.69) is 79.9 Å². The Morgan fingerprint density at radius 3 is 1.50 bits per heavy atom. The van der Waals surface area contributed by atoms with Crippen molar-refractivity contribution in [3.63, 3.8) is 0 Å². The van der Waals surface area contributed by atoms with Crippen LogP contribution in [0.4, 0.5) is 0 Å². The Bertz CT molecular complexity index is 1140. The summed E-state index contributed by atoms with van der Waals surface area (Å²) in [5, 5.41) is 12.0. The molecule has 2 unspecified atom stereocenters. The minimum Gasteiger partial charge on any atom is -0.480 e. The molecule has 7 heteroatoms. The fraction of sp³-hybridized carbons (Fsp3) is 0.706. The van der Waals surface area contributed by atoms with Crippen molar-refractivity contribution in [2.45, 2.75) is 225 Å². The van der Waals surface area contributed by atoms with E-state index < -0.39 is 12.0 Å². The fourth-order valence-electron chi connectivity index (χ4n) is 6.68.